The molecule has 0 spiro atoms. The number of nitrogens with zero attached hydrogens (tertiary/aromatic N) is 1. The summed E-state index contributed by atoms with van der Waals surface area (Å²) in [6.07, 6.45) is 6.43. The molecule has 1 aliphatic carbocycles. The van der Waals surface area contributed by atoms with Gasteiger partial charge < -0.3 is 10.8 Å². The van der Waals surface area contributed by atoms with Gasteiger partial charge in [0.15, 0.2) is 0 Å². The van der Waals surface area contributed by atoms with E-state index in [4.69, 9.17) is 5.73 Å². The van der Waals surface area contributed by atoms with Crippen molar-refractivity contribution >= 4 is 0 Å². The second-order valence-electron chi connectivity index (χ2n) is 5.92. The van der Waals surface area contributed by atoms with Crippen LogP contribution in [0.25, 0.3) is 0 Å². The van der Waals surface area contributed by atoms with Crippen molar-refractivity contribution < 1.29 is 5.11 Å². The van der Waals surface area contributed by atoms with Crippen molar-refractivity contribution in [2.45, 2.75) is 51.1 Å². The van der Waals surface area contributed by atoms with E-state index in [2.05, 4.69) is 36.1 Å². The van der Waals surface area contributed by atoms with E-state index in [1.807, 2.05) is 0 Å². The Hall–Kier alpha value is -0.900. The fourth-order valence-electron chi connectivity index (χ4n) is 3.46. The van der Waals surface area contributed by atoms with Gasteiger partial charge in [-0.2, -0.15) is 0 Å². The Balaban J connectivity index is 2.19. The molecule has 1 aromatic rings. The number of hydrogen-bond donors (Lipinski definition) is 2. The molecular weight excluding hydrogens is 248 g/mol. The lowest BCUT2D eigenvalue weighted by atomic mass is 9.91. The molecule has 2 rings (SSSR count). The summed E-state index contributed by atoms with van der Waals surface area (Å²) in [5.74, 6) is 0. The van der Waals surface area contributed by atoms with Gasteiger partial charge in [0.1, 0.15) is 0 Å². The van der Waals surface area contributed by atoms with E-state index in [1.165, 1.54) is 43.2 Å². The highest BCUT2D eigenvalue weighted by Gasteiger charge is 2.27. The molecule has 0 heterocycles. The van der Waals surface area contributed by atoms with Crippen LogP contribution in [-0.2, 0) is 0 Å². The maximum absolute atomic E-state index is 9.43. The molecule has 1 atom stereocenters. The molecule has 0 saturated heterocycles. The fraction of sp³-hybridized carbons (Fsp3) is 0.647. The van der Waals surface area contributed by atoms with Gasteiger partial charge in [-0.1, -0.05) is 49.1 Å². The lowest BCUT2D eigenvalue weighted by Gasteiger charge is -2.39. The molecule has 0 aliphatic heterocycles. The Morgan fingerprint density at radius 2 is 2.05 bits per heavy atom. The summed E-state index contributed by atoms with van der Waals surface area (Å²) in [5.41, 5.74) is 8.63. The Morgan fingerprint density at radius 1 is 1.30 bits per heavy atom. The Morgan fingerprint density at radius 3 is 2.65 bits per heavy atom. The number of aryl methyl sites for hydroxylation is 1. The van der Waals surface area contributed by atoms with Crippen LogP contribution in [0.15, 0.2) is 24.3 Å². The maximum atomic E-state index is 9.43. The summed E-state index contributed by atoms with van der Waals surface area (Å²) in [5, 5.41) is 9.43. The van der Waals surface area contributed by atoms with E-state index in [0.29, 0.717) is 12.6 Å². The van der Waals surface area contributed by atoms with Crippen LogP contribution in [0.4, 0.5) is 0 Å². The lowest BCUT2D eigenvalue weighted by Crippen LogP contribution is -2.44. The largest absolute Gasteiger partial charge is 0.395 e. The molecule has 1 saturated carbocycles. The third-order valence-electron chi connectivity index (χ3n) is 4.45. The molecule has 0 aromatic heterocycles. The summed E-state index contributed by atoms with van der Waals surface area (Å²) in [6, 6.07) is 9.41. The minimum absolute atomic E-state index is 0.207. The van der Waals surface area contributed by atoms with Crippen LogP contribution in [0.3, 0.4) is 0 Å². The minimum Gasteiger partial charge on any atom is -0.395 e. The van der Waals surface area contributed by atoms with Gasteiger partial charge in [-0.05, 0) is 25.3 Å². The number of aliphatic hydroxyl groups excluding tert-OH is 1. The SMILES string of the molecule is Cc1cccc(C(CN)N(CCO)C2CCCCC2)c1. The molecule has 3 nitrogen and oxygen atoms in total. The summed E-state index contributed by atoms with van der Waals surface area (Å²) in [4.78, 5) is 2.44. The number of nitrogens with two attached hydrogens (primary N) is 1. The number of aliphatic hydroxyl groups is 1. The first-order valence-electron chi connectivity index (χ1n) is 7.89. The number of benzene rings is 1. The van der Waals surface area contributed by atoms with Crippen LogP contribution in [-0.4, -0.2) is 35.7 Å². The minimum atomic E-state index is 0.207. The van der Waals surface area contributed by atoms with Gasteiger partial charge in [0.2, 0.25) is 0 Å². The molecular formula is C17H28N2O. The van der Waals surface area contributed by atoms with E-state index >= 15 is 0 Å². The van der Waals surface area contributed by atoms with Crippen molar-refractivity contribution in [3.8, 4) is 0 Å². The molecule has 112 valence electrons. The van der Waals surface area contributed by atoms with E-state index in [0.717, 1.165) is 6.54 Å². The second kappa shape index (κ2) is 7.77. The van der Waals surface area contributed by atoms with Gasteiger partial charge in [0.25, 0.3) is 0 Å². The Bertz CT molecular complexity index is 402. The highest BCUT2D eigenvalue weighted by atomic mass is 16.3. The molecule has 3 heteroatoms. The highest BCUT2D eigenvalue weighted by molar-refractivity contribution is 5.25. The van der Waals surface area contributed by atoms with Gasteiger partial charge in [0.05, 0.1) is 6.61 Å². The predicted octanol–water partition coefficient (Wildman–Crippen LogP) is 2.62. The first-order chi connectivity index (χ1) is 9.76. The van der Waals surface area contributed by atoms with Crippen LogP contribution in [0, 0.1) is 6.92 Å². The molecule has 0 radical (unpaired) electrons. The maximum Gasteiger partial charge on any atom is 0.0558 e. The molecule has 1 unspecified atom stereocenters. The molecule has 1 aliphatic rings. The van der Waals surface area contributed by atoms with Crippen LogP contribution >= 0.6 is 0 Å². The average Bonchev–Trinajstić information content (AvgIpc) is 2.48. The average molecular weight is 276 g/mol. The zero-order chi connectivity index (χ0) is 14.4. The first kappa shape index (κ1) is 15.5. The third kappa shape index (κ3) is 3.81. The zero-order valence-corrected chi connectivity index (χ0v) is 12.6. The molecule has 1 aromatic carbocycles. The standard InChI is InChI=1S/C17H28N2O/c1-14-6-5-7-15(12-14)17(13-18)19(10-11-20)16-8-3-2-4-9-16/h5-7,12,16-17,20H,2-4,8-11,13,18H2,1H3. The van der Waals surface area contributed by atoms with Crippen LogP contribution in [0.2, 0.25) is 0 Å². The van der Waals surface area contributed by atoms with E-state index in [9.17, 15) is 5.11 Å². The molecule has 0 bridgehead atoms. The highest BCUT2D eigenvalue weighted by Crippen LogP contribution is 2.29. The first-order valence-corrected chi connectivity index (χ1v) is 7.89. The summed E-state index contributed by atoms with van der Waals surface area (Å²) in [6.45, 7) is 3.66. The second-order valence-corrected chi connectivity index (χ2v) is 5.92. The summed E-state index contributed by atoms with van der Waals surface area (Å²) < 4.78 is 0. The molecule has 1 fully saturated rings. The Labute approximate surface area is 122 Å². The molecule has 0 amide bonds. The van der Waals surface area contributed by atoms with Gasteiger partial charge in [0, 0.05) is 25.2 Å². The van der Waals surface area contributed by atoms with Crippen molar-refractivity contribution in [2.75, 3.05) is 19.7 Å². The quantitative estimate of drug-likeness (QED) is 0.839. The van der Waals surface area contributed by atoms with Crippen molar-refractivity contribution in [3.63, 3.8) is 0 Å². The van der Waals surface area contributed by atoms with Crippen LogP contribution < -0.4 is 5.73 Å². The monoisotopic (exact) mass is 276 g/mol. The fourth-order valence-corrected chi connectivity index (χ4v) is 3.46. The van der Waals surface area contributed by atoms with Crippen LogP contribution in [0.5, 0.6) is 0 Å². The van der Waals surface area contributed by atoms with Gasteiger partial charge in [-0.15, -0.1) is 0 Å². The third-order valence-corrected chi connectivity index (χ3v) is 4.45. The zero-order valence-electron chi connectivity index (χ0n) is 12.6. The van der Waals surface area contributed by atoms with E-state index in [1.54, 1.807) is 0 Å². The number of rotatable bonds is 6. The number of hydrogen-bond acceptors (Lipinski definition) is 3. The van der Waals surface area contributed by atoms with Crippen LogP contribution in [0.1, 0.15) is 49.3 Å². The summed E-state index contributed by atoms with van der Waals surface area (Å²) in [7, 11) is 0. The van der Waals surface area contributed by atoms with Gasteiger partial charge >= 0.3 is 0 Å². The lowest BCUT2D eigenvalue weighted by molar-refractivity contribution is 0.0829. The molecule has 20 heavy (non-hydrogen) atoms. The topological polar surface area (TPSA) is 49.5 Å². The summed E-state index contributed by atoms with van der Waals surface area (Å²) >= 11 is 0. The predicted molar refractivity (Wildman–Crippen MR) is 83.6 cm³/mol. The van der Waals surface area contributed by atoms with Crippen molar-refractivity contribution in [1.82, 2.24) is 4.90 Å². The van der Waals surface area contributed by atoms with Crippen molar-refractivity contribution in [1.29, 1.82) is 0 Å². The van der Waals surface area contributed by atoms with Gasteiger partial charge in [-0.25, -0.2) is 0 Å². The normalized spacial score (nSPS) is 18.4. The van der Waals surface area contributed by atoms with E-state index in [-0.39, 0.29) is 12.6 Å². The molecule has 3 N–H and O–H groups in total. The smallest absolute Gasteiger partial charge is 0.0558 e. The van der Waals surface area contributed by atoms with E-state index < -0.39 is 0 Å². The van der Waals surface area contributed by atoms with Gasteiger partial charge in [-0.3, -0.25) is 4.90 Å². The van der Waals surface area contributed by atoms with Crippen molar-refractivity contribution in [3.05, 3.63) is 35.4 Å². The Kier molecular flexibility index (Phi) is 6.02. The van der Waals surface area contributed by atoms with Crippen molar-refractivity contribution in [2.24, 2.45) is 5.73 Å².